The van der Waals surface area contributed by atoms with Gasteiger partial charge in [0.15, 0.2) is 0 Å². The zero-order valence-corrected chi connectivity index (χ0v) is 35.9. The summed E-state index contributed by atoms with van der Waals surface area (Å²) in [5.41, 5.74) is 23.9. The van der Waals surface area contributed by atoms with Gasteiger partial charge >= 0.3 is 14.0 Å². The van der Waals surface area contributed by atoms with E-state index in [1.54, 1.807) is 0 Å². The van der Waals surface area contributed by atoms with Crippen molar-refractivity contribution in [3.8, 4) is 55.6 Å². The molecule has 7 heteroatoms. The topological polar surface area (TPSA) is 25.9 Å². The number of para-hydroxylation sites is 6. The Kier molecular flexibility index (Phi) is 8.10. The second-order valence-electron chi connectivity index (χ2n) is 17.5. The van der Waals surface area contributed by atoms with Crippen molar-refractivity contribution in [2.75, 3.05) is 19.2 Å². The van der Waals surface area contributed by atoms with E-state index in [9.17, 15) is 0 Å². The van der Waals surface area contributed by atoms with Gasteiger partial charge in [0.25, 0.3) is 0 Å². The zero-order valence-electron chi connectivity index (χ0n) is 35.9. The number of fused-ring (bicyclic) bond motifs is 8. The summed E-state index contributed by atoms with van der Waals surface area (Å²) in [7, 11) is 0. The lowest BCUT2D eigenvalue weighted by Crippen LogP contribution is -2.62. The molecule has 4 aliphatic rings. The molecule has 0 saturated heterocycles. The van der Waals surface area contributed by atoms with Gasteiger partial charge in [-0.3, -0.25) is 4.98 Å². The highest BCUT2D eigenvalue weighted by Gasteiger charge is 2.48. The molecule has 306 valence electrons. The van der Waals surface area contributed by atoms with E-state index in [0.717, 1.165) is 39.7 Å². The van der Waals surface area contributed by atoms with Crippen LogP contribution in [0.5, 0.6) is 0 Å². The van der Waals surface area contributed by atoms with E-state index >= 15 is 0 Å². The number of nitrogens with zero attached hydrogens (tertiary/aromatic N) is 5. The highest BCUT2D eigenvalue weighted by molar-refractivity contribution is 6.87. The molecule has 14 rings (SSSR count). The van der Waals surface area contributed by atoms with Crippen LogP contribution in [0.1, 0.15) is 0 Å². The largest absolute Gasteiger partial charge is 0.422 e. The molecular formula is C59H39B2N5. The summed E-state index contributed by atoms with van der Waals surface area (Å²) in [6, 6.07) is 82.3. The van der Waals surface area contributed by atoms with Crippen LogP contribution in [0.2, 0.25) is 0 Å². The van der Waals surface area contributed by atoms with Crippen molar-refractivity contribution in [1.82, 2.24) is 4.98 Å². The first-order chi connectivity index (χ1) is 32.8. The molecule has 0 N–H and O–H groups in total. The van der Waals surface area contributed by atoms with Crippen LogP contribution in [-0.4, -0.2) is 18.9 Å². The molecule has 0 bridgehead atoms. The first kappa shape index (κ1) is 36.9. The molecule has 9 aromatic carbocycles. The summed E-state index contributed by atoms with van der Waals surface area (Å²) < 4.78 is 0. The molecule has 0 amide bonds. The average molecular weight is 840 g/mol. The molecular weight excluding hydrogens is 800 g/mol. The maximum atomic E-state index is 4.87. The number of hydrogen-bond donors (Lipinski definition) is 0. The van der Waals surface area contributed by atoms with E-state index in [2.05, 4.69) is 256 Å². The van der Waals surface area contributed by atoms with Crippen molar-refractivity contribution in [2.45, 2.75) is 0 Å². The van der Waals surface area contributed by atoms with E-state index < -0.39 is 0 Å². The van der Waals surface area contributed by atoms with Crippen molar-refractivity contribution in [2.24, 2.45) is 0 Å². The molecule has 0 atom stereocenters. The molecule has 0 unspecified atom stereocenters. The Morgan fingerprint density at radius 3 is 1.15 bits per heavy atom. The Morgan fingerprint density at radius 1 is 0.258 bits per heavy atom. The van der Waals surface area contributed by atoms with Gasteiger partial charge in [-0.2, -0.15) is 0 Å². The van der Waals surface area contributed by atoms with Crippen LogP contribution in [0.3, 0.4) is 0 Å². The molecule has 5 nitrogen and oxygen atoms in total. The number of hydrogen-bond acceptors (Lipinski definition) is 5. The number of aromatic nitrogens is 1. The quantitative estimate of drug-likeness (QED) is 0.161. The predicted octanol–water partition coefficient (Wildman–Crippen LogP) is 13.4. The fourth-order valence-electron chi connectivity index (χ4n) is 11.4. The van der Waals surface area contributed by atoms with Gasteiger partial charge in [0.2, 0.25) is 0 Å². The summed E-state index contributed by atoms with van der Waals surface area (Å²) >= 11 is 0. The highest BCUT2D eigenvalue weighted by atomic mass is 15.3. The zero-order chi connectivity index (χ0) is 43.3. The SMILES string of the molecule is c1ccc(N2B3c4c(cccc4-c4cc(-c5cccc(N6B7c8c(cncc8-c8ccccc86)-c6ccccc6N7c6ccccc6)c5)ccc4N3c3ccccc3)-c3ccccc32)cc1. The van der Waals surface area contributed by atoms with Crippen molar-refractivity contribution < 1.29 is 0 Å². The monoisotopic (exact) mass is 839 g/mol. The van der Waals surface area contributed by atoms with Crippen LogP contribution < -0.4 is 30.2 Å². The van der Waals surface area contributed by atoms with Crippen LogP contribution in [0.25, 0.3) is 55.6 Å². The average Bonchev–Trinajstić information content (AvgIpc) is 3.39. The minimum absolute atomic E-state index is 0.118. The van der Waals surface area contributed by atoms with Gasteiger partial charge in [0.05, 0.1) is 0 Å². The van der Waals surface area contributed by atoms with Crippen LogP contribution in [-0.2, 0) is 0 Å². The van der Waals surface area contributed by atoms with E-state index in [4.69, 9.17) is 4.98 Å². The molecule has 1 aromatic heterocycles. The second kappa shape index (κ2) is 14.5. The summed E-state index contributed by atoms with van der Waals surface area (Å²) in [5.74, 6) is 0. The first-order valence-electron chi connectivity index (χ1n) is 22.8. The van der Waals surface area contributed by atoms with Crippen molar-refractivity contribution in [1.29, 1.82) is 0 Å². The van der Waals surface area contributed by atoms with Crippen LogP contribution >= 0.6 is 0 Å². The minimum Gasteiger partial charge on any atom is -0.361 e. The summed E-state index contributed by atoms with van der Waals surface area (Å²) in [5, 5.41) is 0. The molecule has 10 aromatic rings. The van der Waals surface area contributed by atoms with Crippen LogP contribution in [0, 0.1) is 0 Å². The number of anilines is 8. The fourth-order valence-corrected chi connectivity index (χ4v) is 11.4. The third-order valence-corrected chi connectivity index (χ3v) is 14.1. The van der Waals surface area contributed by atoms with Gasteiger partial charge in [-0.1, -0.05) is 146 Å². The molecule has 0 radical (unpaired) electrons. The van der Waals surface area contributed by atoms with Crippen molar-refractivity contribution in [3.05, 3.63) is 237 Å². The number of benzene rings is 9. The van der Waals surface area contributed by atoms with Crippen LogP contribution in [0.4, 0.5) is 45.5 Å². The summed E-state index contributed by atoms with van der Waals surface area (Å²) in [6.07, 6.45) is 4.12. The van der Waals surface area contributed by atoms with Gasteiger partial charge in [-0.25, -0.2) is 0 Å². The predicted molar refractivity (Wildman–Crippen MR) is 277 cm³/mol. The molecule has 5 heterocycles. The van der Waals surface area contributed by atoms with E-state index in [-0.39, 0.29) is 14.0 Å². The maximum Gasteiger partial charge on any atom is 0.422 e. The standard InChI is InChI=1S/C59H39B2N5/c1-4-19-42(20-5-1)63-54-31-13-10-26-46(54)49-29-17-30-50-51-37-41(34-35-57(51)65(60(63)58(49)50)44-23-8-3-9-24-44)40-18-16-25-45(36-40)66-56-33-15-12-28-48(56)53-39-62-38-52-47-27-11-14-32-55(47)64(61(66)59(52)53)43-21-6-2-7-22-43/h1-39H. The number of pyridine rings is 1. The Balaban J connectivity index is 0.964. The second-order valence-corrected chi connectivity index (χ2v) is 17.5. The normalized spacial score (nSPS) is 13.6. The summed E-state index contributed by atoms with van der Waals surface area (Å²) in [4.78, 5) is 15.0. The van der Waals surface area contributed by atoms with Gasteiger partial charge in [0, 0.05) is 91.3 Å². The van der Waals surface area contributed by atoms with Crippen molar-refractivity contribution in [3.63, 3.8) is 0 Å². The molecule has 0 aliphatic carbocycles. The fraction of sp³-hybridized carbons (Fsp3) is 0. The van der Waals surface area contributed by atoms with Gasteiger partial charge in [-0.05, 0) is 112 Å². The Labute approximate surface area is 385 Å². The van der Waals surface area contributed by atoms with Crippen molar-refractivity contribution >= 4 is 70.4 Å². The third kappa shape index (κ3) is 5.34. The molecule has 0 spiro atoms. The lowest BCUT2D eigenvalue weighted by Gasteiger charge is -2.47. The highest BCUT2D eigenvalue weighted by Crippen LogP contribution is 2.51. The lowest BCUT2D eigenvalue weighted by atomic mass is 9.53. The first-order valence-corrected chi connectivity index (χ1v) is 22.8. The molecule has 4 aliphatic heterocycles. The Bertz CT molecular complexity index is 3530. The smallest absolute Gasteiger partial charge is 0.361 e. The minimum atomic E-state index is -0.174. The molecule has 0 saturated carbocycles. The lowest BCUT2D eigenvalue weighted by molar-refractivity contribution is 1.24. The van der Waals surface area contributed by atoms with Crippen LogP contribution in [0.15, 0.2) is 237 Å². The summed E-state index contributed by atoms with van der Waals surface area (Å²) in [6.45, 7) is -0.292. The van der Waals surface area contributed by atoms with Gasteiger partial charge in [-0.15, -0.1) is 0 Å². The van der Waals surface area contributed by atoms with Gasteiger partial charge < -0.3 is 19.2 Å². The Hall–Kier alpha value is -8.54. The van der Waals surface area contributed by atoms with E-state index in [1.807, 2.05) is 0 Å². The number of rotatable bonds is 5. The van der Waals surface area contributed by atoms with Gasteiger partial charge in [0.1, 0.15) is 0 Å². The van der Waals surface area contributed by atoms with E-state index in [1.165, 1.54) is 72.4 Å². The maximum absolute atomic E-state index is 4.87. The Morgan fingerprint density at radius 2 is 0.621 bits per heavy atom. The molecule has 66 heavy (non-hydrogen) atoms. The molecule has 0 fully saturated rings. The third-order valence-electron chi connectivity index (χ3n) is 14.1. The van der Waals surface area contributed by atoms with E-state index in [0.29, 0.717) is 0 Å².